The maximum Gasteiger partial charge on any atom is 0.268 e. The second-order valence-corrected chi connectivity index (χ2v) is 8.51. The fraction of sp³-hybridized carbons (Fsp3) is 0.318. The predicted octanol–water partition coefficient (Wildman–Crippen LogP) is 4.16. The van der Waals surface area contributed by atoms with Crippen LogP contribution in [0.1, 0.15) is 46.8 Å². The second kappa shape index (κ2) is 6.17. The summed E-state index contributed by atoms with van der Waals surface area (Å²) in [5.41, 5.74) is 9.42. The molecule has 2 aromatic heterocycles. The number of nitrogens with zero attached hydrogens (tertiary/aromatic N) is 1. The van der Waals surface area contributed by atoms with Gasteiger partial charge in [0.15, 0.2) is 5.43 Å². The number of fused-ring (bicyclic) bond motifs is 2. The van der Waals surface area contributed by atoms with Gasteiger partial charge in [-0.25, -0.2) is 0 Å². The van der Waals surface area contributed by atoms with Crippen molar-refractivity contribution in [2.45, 2.75) is 32.1 Å². The number of H-pyrrole nitrogens is 1. The molecule has 1 aromatic carbocycles. The van der Waals surface area contributed by atoms with Crippen molar-refractivity contribution >= 4 is 28.4 Å². The molecule has 3 N–H and O–H groups in total. The summed E-state index contributed by atoms with van der Waals surface area (Å²) < 4.78 is 0. The molecule has 2 saturated carbocycles. The zero-order valence-corrected chi connectivity index (χ0v) is 16.2. The van der Waals surface area contributed by atoms with Crippen LogP contribution in [0.15, 0.2) is 35.3 Å². The molecule has 28 heavy (non-hydrogen) atoms. The van der Waals surface area contributed by atoms with Crippen LogP contribution in [0.3, 0.4) is 0 Å². The number of carbonyl (C=O) groups excluding carboxylic acids is 1. The number of nitrogens with one attached hydrogen (secondary N) is 1. The summed E-state index contributed by atoms with van der Waals surface area (Å²) in [5.74, 6) is 1.61. The number of hydrogen-bond donors (Lipinski definition) is 2. The van der Waals surface area contributed by atoms with E-state index in [1.807, 2.05) is 13.0 Å². The molecule has 1 amide bonds. The number of hydrogen-bond acceptors (Lipinski definition) is 3. The molecule has 3 aromatic rings. The Morgan fingerprint density at radius 3 is 2.68 bits per heavy atom. The van der Waals surface area contributed by atoms with Crippen molar-refractivity contribution in [3.05, 3.63) is 62.5 Å². The van der Waals surface area contributed by atoms with Gasteiger partial charge in [-0.1, -0.05) is 17.7 Å². The van der Waals surface area contributed by atoms with Gasteiger partial charge in [-0.15, -0.1) is 0 Å². The topological polar surface area (TPSA) is 88.8 Å². The molecular formula is C22H20ClN3O2. The van der Waals surface area contributed by atoms with Gasteiger partial charge < -0.3 is 10.7 Å². The fourth-order valence-corrected chi connectivity index (χ4v) is 5.13. The zero-order chi connectivity index (χ0) is 19.6. The molecular weight excluding hydrogens is 374 g/mol. The normalized spacial score (nSPS) is 23.0. The Bertz CT molecular complexity index is 1190. The first-order chi connectivity index (χ1) is 13.4. The summed E-state index contributed by atoms with van der Waals surface area (Å²) in [4.78, 5) is 31.5. The molecule has 0 spiro atoms. The average Bonchev–Trinajstić information content (AvgIpc) is 3.27. The van der Waals surface area contributed by atoms with Crippen LogP contribution in [0, 0.1) is 18.8 Å². The van der Waals surface area contributed by atoms with E-state index in [1.54, 1.807) is 6.07 Å². The van der Waals surface area contributed by atoms with Crippen LogP contribution in [0.25, 0.3) is 22.2 Å². The standard InChI is InChI=1S/C22H20ClN3O2/c1-10-4-15(13-6-11-5-12(11)7-13)16(23)8-14(10)18-9-19(27)20-17(26-18)2-3-25-21(20)22(24)28/h2-4,8-9,11-13H,5-7H2,1H3,(H2,24,28)(H,26,27)/t11-,12+,13+. The number of primary amides is 1. The largest absolute Gasteiger partial charge is 0.364 e. The zero-order valence-electron chi connectivity index (χ0n) is 15.5. The van der Waals surface area contributed by atoms with Crippen LogP contribution < -0.4 is 11.2 Å². The van der Waals surface area contributed by atoms with Crippen molar-refractivity contribution in [1.82, 2.24) is 9.97 Å². The lowest BCUT2D eigenvalue weighted by Crippen LogP contribution is -2.17. The summed E-state index contributed by atoms with van der Waals surface area (Å²) in [5, 5.41) is 0.963. The second-order valence-electron chi connectivity index (χ2n) is 8.11. The van der Waals surface area contributed by atoms with Gasteiger partial charge in [0.1, 0.15) is 5.69 Å². The molecule has 2 fully saturated rings. The first kappa shape index (κ1) is 17.4. The van der Waals surface area contributed by atoms with Crippen molar-refractivity contribution in [2.75, 3.05) is 0 Å². The van der Waals surface area contributed by atoms with Gasteiger partial charge in [0.2, 0.25) is 0 Å². The van der Waals surface area contributed by atoms with Crippen LogP contribution in [-0.4, -0.2) is 15.9 Å². The summed E-state index contributed by atoms with van der Waals surface area (Å²) in [6.45, 7) is 2.04. The SMILES string of the molecule is Cc1cc([C@@H]2C[C@@H]3C[C@@H]3C2)c(Cl)cc1-c1cc(=O)c2c(C(N)=O)nccc2[nH]1. The first-order valence-electron chi connectivity index (χ1n) is 9.54. The number of aryl methyl sites for hydroxylation is 1. The molecule has 5 rings (SSSR count). The van der Waals surface area contributed by atoms with Crippen LogP contribution >= 0.6 is 11.6 Å². The van der Waals surface area contributed by atoms with Gasteiger partial charge in [-0.2, -0.15) is 0 Å². The lowest BCUT2D eigenvalue weighted by molar-refractivity contribution is 0.0997. The maximum absolute atomic E-state index is 12.7. The third kappa shape index (κ3) is 2.73. The van der Waals surface area contributed by atoms with Crippen molar-refractivity contribution in [1.29, 1.82) is 0 Å². The number of benzene rings is 1. The van der Waals surface area contributed by atoms with Gasteiger partial charge in [0.05, 0.1) is 16.6 Å². The number of pyridine rings is 2. The smallest absolute Gasteiger partial charge is 0.268 e. The van der Waals surface area contributed by atoms with Crippen LogP contribution in [0.5, 0.6) is 0 Å². The molecule has 6 heteroatoms. The number of halogens is 1. The fourth-order valence-electron chi connectivity index (χ4n) is 4.81. The minimum atomic E-state index is -0.720. The summed E-state index contributed by atoms with van der Waals surface area (Å²) >= 11 is 6.66. The molecule has 0 unspecified atom stereocenters. The molecule has 5 nitrogen and oxygen atoms in total. The number of carbonyl (C=O) groups is 1. The van der Waals surface area contributed by atoms with E-state index in [9.17, 15) is 9.59 Å². The monoisotopic (exact) mass is 393 g/mol. The van der Waals surface area contributed by atoms with Gasteiger partial charge in [-0.3, -0.25) is 14.6 Å². The molecule has 2 heterocycles. The minimum Gasteiger partial charge on any atom is -0.364 e. The molecule has 2 aliphatic carbocycles. The van der Waals surface area contributed by atoms with Gasteiger partial charge >= 0.3 is 0 Å². The average molecular weight is 394 g/mol. The van der Waals surface area contributed by atoms with Crippen molar-refractivity contribution in [3.63, 3.8) is 0 Å². The molecule has 3 atom stereocenters. The highest BCUT2D eigenvalue weighted by molar-refractivity contribution is 6.31. The molecule has 0 bridgehead atoms. The Balaban J connectivity index is 1.61. The molecule has 2 aliphatic rings. The molecule has 142 valence electrons. The van der Waals surface area contributed by atoms with Gasteiger partial charge in [0.25, 0.3) is 5.91 Å². The third-order valence-corrected chi connectivity index (χ3v) is 6.62. The Morgan fingerprint density at radius 2 is 1.96 bits per heavy atom. The number of amides is 1. The number of nitrogens with two attached hydrogens (primary N) is 1. The van der Waals surface area contributed by atoms with Crippen LogP contribution in [0.4, 0.5) is 0 Å². The van der Waals surface area contributed by atoms with E-state index >= 15 is 0 Å². The van der Waals surface area contributed by atoms with Crippen molar-refractivity contribution in [3.8, 4) is 11.3 Å². The molecule has 0 aliphatic heterocycles. The predicted molar refractivity (Wildman–Crippen MR) is 110 cm³/mol. The van der Waals surface area contributed by atoms with Crippen molar-refractivity contribution < 1.29 is 4.79 Å². The Labute approximate surface area is 166 Å². The van der Waals surface area contributed by atoms with Crippen molar-refractivity contribution in [2.24, 2.45) is 17.6 Å². The van der Waals surface area contributed by atoms with E-state index in [0.717, 1.165) is 28.0 Å². The highest BCUT2D eigenvalue weighted by Gasteiger charge is 2.46. The van der Waals surface area contributed by atoms with Gasteiger partial charge in [-0.05, 0) is 67.2 Å². The van der Waals surface area contributed by atoms with E-state index in [-0.39, 0.29) is 16.5 Å². The Hall–Kier alpha value is -2.66. The van der Waals surface area contributed by atoms with E-state index in [0.29, 0.717) is 17.1 Å². The van der Waals surface area contributed by atoms with Crippen LogP contribution in [0.2, 0.25) is 5.02 Å². The quantitative estimate of drug-likeness (QED) is 0.700. The van der Waals surface area contributed by atoms with E-state index < -0.39 is 5.91 Å². The molecule has 0 saturated heterocycles. The first-order valence-corrected chi connectivity index (χ1v) is 9.92. The minimum absolute atomic E-state index is 0.0183. The summed E-state index contributed by atoms with van der Waals surface area (Å²) in [6, 6.07) is 7.27. The third-order valence-electron chi connectivity index (χ3n) is 6.29. The van der Waals surface area contributed by atoms with E-state index in [4.69, 9.17) is 17.3 Å². The van der Waals surface area contributed by atoms with E-state index in [1.165, 1.54) is 37.1 Å². The summed E-state index contributed by atoms with van der Waals surface area (Å²) in [6.07, 6.45) is 5.32. The highest BCUT2D eigenvalue weighted by Crippen LogP contribution is 2.58. The lowest BCUT2D eigenvalue weighted by Gasteiger charge is -2.17. The van der Waals surface area contributed by atoms with Gasteiger partial charge in [0, 0.05) is 22.8 Å². The van der Waals surface area contributed by atoms with E-state index in [2.05, 4.69) is 16.0 Å². The Morgan fingerprint density at radius 1 is 1.21 bits per heavy atom. The number of rotatable bonds is 3. The number of aromatic amines is 1. The number of aromatic nitrogens is 2. The molecule has 0 radical (unpaired) electrons. The maximum atomic E-state index is 12.7. The summed E-state index contributed by atoms with van der Waals surface area (Å²) in [7, 11) is 0. The Kier molecular flexibility index (Phi) is 3.85. The highest BCUT2D eigenvalue weighted by atomic mass is 35.5. The lowest BCUT2D eigenvalue weighted by atomic mass is 9.90. The van der Waals surface area contributed by atoms with Crippen LogP contribution in [-0.2, 0) is 0 Å².